The number of rotatable bonds is 4. The minimum Gasteiger partial charge on any atom is -0.508 e. The van der Waals surface area contributed by atoms with Gasteiger partial charge in [0.2, 0.25) is 0 Å². The molecular formula is C16H16FNO3. The Balaban J connectivity index is 2.24. The molecule has 0 radical (unpaired) electrons. The van der Waals surface area contributed by atoms with Crippen LogP contribution >= 0.6 is 0 Å². The molecule has 0 aliphatic carbocycles. The molecule has 0 heterocycles. The first kappa shape index (κ1) is 14.8. The highest BCUT2D eigenvalue weighted by atomic mass is 19.1. The van der Waals surface area contributed by atoms with E-state index in [1.807, 2.05) is 13.0 Å². The van der Waals surface area contributed by atoms with E-state index in [0.29, 0.717) is 0 Å². The van der Waals surface area contributed by atoms with Gasteiger partial charge in [0.05, 0.1) is 18.4 Å². The molecule has 2 aromatic rings. The summed E-state index contributed by atoms with van der Waals surface area (Å²) in [4.78, 5) is 11.5. The number of anilines is 1. The Labute approximate surface area is 122 Å². The summed E-state index contributed by atoms with van der Waals surface area (Å²) >= 11 is 0. The predicted molar refractivity (Wildman–Crippen MR) is 77.9 cm³/mol. The minimum atomic E-state index is -0.525. The van der Waals surface area contributed by atoms with Crippen LogP contribution in [0.2, 0.25) is 0 Å². The van der Waals surface area contributed by atoms with Crippen LogP contribution in [0, 0.1) is 5.82 Å². The molecule has 1 atom stereocenters. The van der Waals surface area contributed by atoms with Crippen molar-refractivity contribution >= 4 is 11.7 Å². The highest BCUT2D eigenvalue weighted by molar-refractivity contribution is 5.90. The number of ether oxygens (including phenoxy) is 1. The first-order valence-electron chi connectivity index (χ1n) is 6.44. The molecule has 5 heteroatoms. The number of halogens is 1. The molecule has 2 rings (SSSR count). The van der Waals surface area contributed by atoms with Crippen LogP contribution in [0.4, 0.5) is 10.1 Å². The fourth-order valence-electron chi connectivity index (χ4n) is 1.99. The maximum Gasteiger partial charge on any atom is 0.337 e. The normalized spacial score (nSPS) is 11.8. The van der Waals surface area contributed by atoms with Crippen LogP contribution in [-0.4, -0.2) is 18.2 Å². The van der Waals surface area contributed by atoms with E-state index >= 15 is 0 Å². The van der Waals surface area contributed by atoms with Gasteiger partial charge in [-0.05, 0) is 42.8 Å². The lowest BCUT2D eigenvalue weighted by atomic mass is 10.1. The average molecular weight is 289 g/mol. The fourth-order valence-corrected chi connectivity index (χ4v) is 1.99. The standard InChI is InChI=1S/C16H16FNO3/c1-10(11-4-3-5-13(19)8-11)18-15-9-12(16(20)21-2)6-7-14(15)17/h3-10,18-19H,1-2H3. The Morgan fingerprint density at radius 3 is 2.71 bits per heavy atom. The van der Waals surface area contributed by atoms with Crippen molar-refractivity contribution in [3.8, 4) is 5.75 Å². The van der Waals surface area contributed by atoms with Crippen molar-refractivity contribution in [3.63, 3.8) is 0 Å². The van der Waals surface area contributed by atoms with Crippen molar-refractivity contribution < 1.29 is 19.0 Å². The van der Waals surface area contributed by atoms with Gasteiger partial charge in [0.1, 0.15) is 11.6 Å². The number of phenols is 1. The topological polar surface area (TPSA) is 58.6 Å². The molecule has 0 aromatic heterocycles. The summed E-state index contributed by atoms with van der Waals surface area (Å²) in [7, 11) is 1.27. The van der Waals surface area contributed by atoms with E-state index in [0.717, 1.165) is 5.56 Å². The van der Waals surface area contributed by atoms with Gasteiger partial charge in [-0.2, -0.15) is 0 Å². The van der Waals surface area contributed by atoms with Gasteiger partial charge >= 0.3 is 5.97 Å². The summed E-state index contributed by atoms with van der Waals surface area (Å²) < 4.78 is 18.4. The van der Waals surface area contributed by atoms with Gasteiger partial charge < -0.3 is 15.2 Å². The highest BCUT2D eigenvalue weighted by Crippen LogP contribution is 2.25. The lowest BCUT2D eigenvalue weighted by Crippen LogP contribution is -2.09. The van der Waals surface area contributed by atoms with Gasteiger partial charge in [-0.15, -0.1) is 0 Å². The van der Waals surface area contributed by atoms with Crippen molar-refractivity contribution in [2.45, 2.75) is 13.0 Å². The third-order valence-electron chi connectivity index (χ3n) is 3.13. The lowest BCUT2D eigenvalue weighted by molar-refractivity contribution is 0.0600. The van der Waals surface area contributed by atoms with Crippen molar-refractivity contribution in [1.82, 2.24) is 0 Å². The second-order valence-electron chi connectivity index (χ2n) is 4.65. The van der Waals surface area contributed by atoms with Crippen molar-refractivity contribution in [2.24, 2.45) is 0 Å². The number of carbonyl (C=O) groups excluding carboxylic acids is 1. The van der Waals surface area contributed by atoms with Gasteiger partial charge in [-0.25, -0.2) is 9.18 Å². The molecule has 0 aliphatic heterocycles. The van der Waals surface area contributed by atoms with Crippen LogP contribution in [0.1, 0.15) is 28.9 Å². The minimum absolute atomic E-state index is 0.143. The average Bonchev–Trinajstić information content (AvgIpc) is 2.48. The van der Waals surface area contributed by atoms with Crippen LogP contribution in [0.5, 0.6) is 5.75 Å². The fraction of sp³-hybridized carbons (Fsp3) is 0.188. The zero-order chi connectivity index (χ0) is 15.4. The first-order chi connectivity index (χ1) is 10.0. The molecule has 0 aliphatic rings. The summed E-state index contributed by atoms with van der Waals surface area (Å²) in [6.07, 6.45) is 0. The van der Waals surface area contributed by atoms with Gasteiger partial charge in [-0.1, -0.05) is 12.1 Å². The quantitative estimate of drug-likeness (QED) is 0.846. The molecule has 0 bridgehead atoms. The van der Waals surface area contributed by atoms with Gasteiger partial charge in [-0.3, -0.25) is 0 Å². The molecule has 1 unspecified atom stereocenters. The Morgan fingerprint density at radius 2 is 2.05 bits per heavy atom. The highest BCUT2D eigenvalue weighted by Gasteiger charge is 2.13. The van der Waals surface area contributed by atoms with Crippen molar-refractivity contribution in [2.75, 3.05) is 12.4 Å². The number of nitrogens with one attached hydrogen (secondary N) is 1. The molecule has 21 heavy (non-hydrogen) atoms. The van der Waals surface area contributed by atoms with Gasteiger partial charge in [0.25, 0.3) is 0 Å². The molecule has 0 fully saturated rings. The van der Waals surface area contributed by atoms with E-state index in [1.165, 1.54) is 25.3 Å². The number of hydrogen-bond acceptors (Lipinski definition) is 4. The lowest BCUT2D eigenvalue weighted by Gasteiger charge is -2.17. The molecule has 2 N–H and O–H groups in total. The second kappa shape index (κ2) is 6.26. The predicted octanol–water partition coefficient (Wildman–Crippen LogP) is 3.49. The monoisotopic (exact) mass is 289 g/mol. The molecule has 4 nitrogen and oxygen atoms in total. The maximum absolute atomic E-state index is 13.8. The molecule has 2 aromatic carbocycles. The zero-order valence-electron chi connectivity index (χ0n) is 11.8. The van der Waals surface area contributed by atoms with Gasteiger partial charge in [0, 0.05) is 6.04 Å². The van der Waals surface area contributed by atoms with E-state index in [2.05, 4.69) is 10.1 Å². The summed E-state index contributed by atoms with van der Waals surface area (Å²) in [6.45, 7) is 1.83. The summed E-state index contributed by atoms with van der Waals surface area (Å²) in [6, 6.07) is 10.4. The molecule has 0 amide bonds. The van der Waals surface area contributed by atoms with E-state index in [9.17, 15) is 14.3 Å². The van der Waals surface area contributed by atoms with E-state index < -0.39 is 11.8 Å². The Morgan fingerprint density at radius 1 is 1.29 bits per heavy atom. The number of esters is 1. The molecule has 0 saturated carbocycles. The zero-order valence-corrected chi connectivity index (χ0v) is 11.8. The Kier molecular flexibility index (Phi) is 4.42. The van der Waals surface area contributed by atoms with Crippen molar-refractivity contribution in [1.29, 1.82) is 0 Å². The smallest absolute Gasteiger partial charge is 0.337 e. The maximum atomic E-state index is 13.8. The third kappa shape index (κ3) is 3.51. The number of hydrogen-bond donors (Lipinski definition) is 2. The Bertz CT molecular complexity index is 658. The van der Waals surface area contributed by atoms with Crippen LogP contribution in [0.25, 0.3) is 0 Å². The SMILES string of the molecule is COC(=O)c1ccc(F)c(NC(C)c2cccc(O)c2)c1. The number of aromatic hydroxyl groups is 1. The largest absolute Gasteiger partial charge is 0.508 e. The summed E-state index contributed by atoms with van der Waals surface area (Å²) in [5.74, 6) is -0.845. The molecule has 110 valence electrons. The van der Waals surface area contributed by atoms with Gasteiger partial charge in [0.15, 0.2) is 0 Å². The van der Waals surface area contributed by atoms with Crippen molar-refractivity contribution in [3.05, 3.63) is 59.4 Å². The third-order valence-corrected chi connectivity index (χ3v) is 3.13. The number of benzene rings is 2. The van der Waals surface area contributed by atoms with E-state index in [1.54, 1.807) is 18.2 Å². The number of phenolic OH excluding ortho intramolecular Hbond substituents is 1. The van der Waals surface area contributed by atoms with Crippen LogP contribution < -0.4 is 5.32 Å². The number of carbonyl (C=O) groups is 1. The molecule has 0 spiro atoms. The van der Waals surface area contributed by atoms with Crippen LogP contribution in [0.3, 0.4) is 0 Å². The van der Waals surface area contributed by atoms with Crippen LogP contribution in [-0.2, 0) is 4.74 Å². The number of methoxy groups -OCH3 is 1. The van der Waals surface area contributed by atoms with E-state index in [-0.39, 0.29) is 23.0 Å². The van der Waals surface area contributed by atoms with E-state index in [4.69, 9.17) is 0 Å². The molecular weight excluding hydrogens is 273 g/mol. The first-order valence-corrected chi connectivity index (χ1v) is 6.44. The summed E-state index contributed by atoms with van der Waals surface area (Å²) in [5, 5.41) is 12.4. The second-order valence-corrected chi connectivity index (χ2v) is 4.65. The molecule has 0 saturated heterocycles. The van der Waals surface area contributed by atoms with Crippen LogP contribution in [0.15, 0.2) is 42.5 Å². The Hall–Kier alpha value is -2.56. The summed E-state index contributed by atoms with van der Waals surface area (Å²) in [5.41, 5.74) is 1.27.